The molecule has 0 saturated heterocycles. The van der Waals surface area contributed by atoms with Crippen molar-refractivity contribution in [3.8, 4) is 0 Å². The van der Waals surface area contributed by atoms with Gasteiger partial charge in [0.1, 0.15) is 0 Å². The first-order valence-electron chi connectivity index (χ1n) is 10.4. The third kappa shape index (κ3) is 4.45. The summed E-state index contributed by atoms with van der Waals surface area (Å²) in [6.45, 7) is 2.13. The molecule has 4 aromatic rings. The fourth-order valence-electron chi connectivity index (χ4n) is 3.50. The van der Waals surface area contributed by atoms with Crippen molar-refractivity contribution in [1.82, 2.24) is 14.7 Å². The molecule has 1 amide bonds. The molecule has 3 aromatic heterocycles. The Bertz CT molecular complexity index is 1350. The lowest BCUT2D eigenvalue weighted by Gasteiger charge is -2.08. The lowest BCUT2D eigenvalue weighted by molar-refractivity contribution is 0.0528. The predicted octanol–water partition coefficient (Wildman–Crippen LogP) is 3.25. The molecule has 166 valence electrons. The van der Waals surface area contributed by atoms with E-state index in [0.29, 0.717) is 22.3 Å². The monoisotopic (exact) mass is 442 g/mol. The number of nitrogens with one attached hydrogen (secondary N) is 1. The van der Waals surface area contributed by atoms with Gasteiger partial charge in [0.05, 0.1) is 35.6 Å². The van der Waals surface area contributed by atoms with E-state index in [1.54, 1.807) is 66.2 Å². The van der Waals surface area contributed by atoms with Gasteiger partial charge >= 0.3 is 5.97 Å². The summed E-state index contributed by atoms with van der Waals surface area (Å²) in [6.07, 6.45) is 3.23. The number of hydrogen-bond acceptors (Lipinski definition) is 6. The van der Waals surface area contributed by atoms with Crippen LogP contribution < -0.4 is 11.1 Å². The maximum Gasteiger partial charge on any atom is 0.340 e. The topological polar surface area (TPSA) is 116 Å². The van der Waals surface area contributed by atoms with Crippen LogP contribution in [0.25, 0.3) is 5.52 Å². The first-order valence-corrected chi connectivity index (χ1v) is 10.4. The second-order valence-corrected chi connectivity index (χ2v) is 7.25. The van der Waals surface area contributed by atoms with Gasteiger partial charge in [-0.05, 0) is 49.4 Å². The highest BCUT2D eigenvalue weighted by Crippen LogP contribution is 2.24. The standard InChI is InChI=1S/C25H22N4O4/c1-2-33-25(32)19-14-22(23(30)18-8-3-4-9-20(18)26)29-12-10-16(13-21(19)29)24(31)28-15-17-7-5-6-11-27-17/h3-14H,2,15,26H2,1H3,(H,28,31). The Hall–Kier alpha value is -4.46. The minimum absolute atomic E-state index is 0.176. The number of carbonyl (C=O) groups is 3. The number of aromatic nitrogens is 2. The number of carbonyl (C=O) groups excluding carboxylic acids is 3. The lowest BCUT2D eigenvalue weighted by atomic mass is 10.1. The maximum atomic E-state index is 13.2. The fourth-order valence-corrected chi connectivity index (χ4v) is 3.50. The molecule has 0 unspecified atom stereocenters. The Balaban J connectivity index is 1.72. The van der Waals surface area contributed by atoms with Gasteiger partial charge in [0.25, 0.3) is 5.91 Å². The number of ketones is 1. The summed E-state index contributed by atoms with van der Waals surface area (Å²) in [5.41, 5.74) is 8.51. The highest BCUT2D eigenvalue weighted by atomic mass is 16.5. The summed E-state index contributed by atoms with van der Waals surface area (Å²) in [4.78, 5) is 42.7. The summed E-state index contributed by atoms with van der Waals surface area (Å²) in [5, 5.41) is 2.81. The van der Waals surface area contributed by atoms with Crippen molar-refractivity contribution in [2.24, 2.45) is 0 Å². The maximum absolute atomic E-state index is 13.2. The van der Waals surface area contributed by atoms with Crippen LogP contribution in [0.3, 0.4) is 0 Å². The third-order valence-electron chi connectivity index (χ3n) is 5.12. The SMILES string of the molecule is CCOC(=O)c1cc(C(=O)c2ccccc2N)n2ccc(C(=O)NCc3ccccn3)cc12. The third-order valence-corrected chi connectivity index (χ3v) is 5.12. The number of hydrogen-bond donors (Lipinski definition) is 2. The zero-order valence-corrected chi connectivity index (χ0v) is 17.9. The van der Waals surface area contributed by atoms with Crippen molar-refractivity contribution in [3.05, 3.63) is 101 Å². The molecule has 8 heteroatoms. The average molecular weight is 442 g/mol. The number of nitrogens with zero attached hydrogens (tertiary/aromatic N) is 2. The van der Waals surface area contributed by atoms with Crippen molar-refractivity contribution < 1.29 is 19.1 Å². The van der Waals surface area contributed by atoms with Gasteiger partial charge in [-0.3, -0.25) is 14.6 Å². The van der Waals surface area contributed by atoms with Crippen LogP contribution >= 0.6 is 0 Å². The Morgan fingerprint density at radius 3 is 2.55 bits per heavy atom. The largest absolute Gasteiger partial charge is 0.462 e. The molecule has 0 aliphatic rings. The van der Waals surface area contributed by atoms with Crippen molar-refractivity contribution in [2.75, 3.05) is 12.3 Å². The minimum Gasteiger partial charge on any atom is -0.462 e. The molecule has 0 aliphatic heterocycles. The summed E-state index contributed by atoms with van der Waals surface area (Å²) in [7, 11) is 0. The molecule has 1 aromatic carbocycles. The van der Waals surface area contributed by atoms with Gasteiger partial charge in [-0.15, -0.1) is 0 Å². The summed E-state index contributed by atoms with van der Waals surface area (Å²) in [5.74, 6) is -1.26. The van der Waals surface area contributed by atoms with Gasteiger partial charge < -0.3 is 20.2 Å². The van der Waals surface area contributed by atoms with Gasteiger partial charge in [0.2, 0.25) is 5.78 Å². The number of nitrogens with two attached hydrogens (primary N) is 1. The van der Waals surface area contributed by atoms with Gasteiger partial charge in [-0.1, -0.05) is 18.2 Å². The smallest absolute Gasteiger partial charge is 0.340 e. The fraction of sp³-hybridized carbons (Fsp3) is 0.120. The van der Waals surface area contributed by atoms with Crippen molar-refractivity contribution >= 4 is 28.9 Å². The second-order valence-electron chi connectivity index (χ2n) is 7.25. The van der Waals surface area contributed by atoms with Gasteiger partial charge in [-0.25, -0.2) is 4.79 Å². The molecular weight excluding hydrogens is 420 g/mol. The van der Waals surface area contributed by atoms with Crippen LogP contribution in [0.2, 0.25) is 0 Å². The van der Waals surface area contributed by atoms with E-state index >= 15 is 0 Å². The molecule has 3 heterocycles. The van der Waals surface area contributed by atoms with Crippen molar-refractivity contribution in [3.63, 3.8) is 0 Å². The van der Waals surface area contributed by atoms with Crippen LogP contribution in [0.4, 0.5) is 5.69 Å². The minimum atomic E-state index is -0.582. The molecule has 0 bridgehead atoms. The van der Waals surface area contributed by atoms with Crippen molar-refractivity contribution in [2.45, 2.75) is 13.5 Å². The Kier molecular flexibility index (Phi) is 6.17. The predicted molar refractivity (Wildman–Crippen MR) is 123 cm³/mol. The van der Waals surface area contributed by atoms with E-state index in [1.807, 2.05) is 12.1 Å². The Morgan fingerprint density at radius 1 is 1.03 bits per heavy atom. The molecule has 4 rings (SSSR count). The normalized spacial score (nSPS) is 10.7. The first kappa shape index (κ1) is 21.8. The van der Waals surface area contributed by atoms with Crippen LogP contribution in [0.15, 0.2) is 73.1 Å². The molecule has 0 saturated carbocycles. The number of amides is 1. The number of rotatable bonds is 7. The van der Waals surface area contributed by atoms with Gasteiger partial charge in [-0.2, -0.15) is 0 Å². The Labute approximate surface area is 190 Å². The lowest BCUT2D eigenvalue weighted by Crippen LogP contribution is -2.23. The van der Waals surface area contributed by atoms with E-state index in [4.69, 9.17) is 10.5 Å². The van der Waals surface area contributed by atoms with Gasteiger partial charge in [0.15, 0.2) is 0 Å². The molecule has 3 N–H and O–H groups in total. The summed E-state index contributed by atoms with van der Waals surface area (Å²) >= 11 is 0. The number of ether oxygens (including phenoxy) is 1. The van der Waals surface area contributed by atoms with E-state index in [9.17, 15) is 14.4 Å². The highest BCUT2D eigenvalue weighted by molar-refractivity contribution is 6.14. The van der Waals surface area contributed by atoms with E-state index in [-0.39, 0.29) is 36.1 Å². The van der Waals surface area contributed by atoms with Crippen LogP contribution in [0.1, 0.15) is 49.4 Å². The average Bonchev–Trinajstić information content (AvgIpc) is 3.22. The molecular formula is C25H22N4O4. The molecule has 33 heavy (non-hydrogen) atoms. The molecule has 0 spiro atoms. The summed E-state index contributed by atoms with van der Waals surface area (Å²) < 4.78 is 6.73. The molecule has 8 nitrogen and oxygen atoms in total. The number of benzene rings is 1. The quantitative estimate of drug-likeness (QED) is 0.258. The van der Waals surface area contributed by atoms with E-state index < -0.39 is 5.97 Å². The van der Waals surface area contributed by atoms with E-state index in [0.717, 1.165) is 5.69 Å². The number of nitrogen functional groups attached to an aromatic ring is 1. The highest BCUT2D eigenvalue weighted by Gasteiger charge is 2.23. The Morgan fingerprint density at radius 2 is 1.82 bits per heavy atom. The van der Waals surface area contributed by atoms with Crippen LogP contribution in [0.5, 0.6) is 0 Å². The van der Waals surface area contributed by atoms with Crippen LogP contribution in [-0.4, -0.2) is 33.7 Å². The van der Waals surface area contributed by atoms with E-state index in [2.05, 4.69) is 10.3 Å². The second kappa shape index (κ2) is 9.35. The number of para-hydroxylation sites is 1. The molecule has 0 radical (unpaired) electrons. The van der Waals surface area contributed by atoms with Crippen LogP contribution in [-0.2, 0) is 11.3 Å². The first-order chi connectivity index (χ1) is 16.0. The summed E-state index contributed by atoms with van der Waals surface area (Å²) in [6, 6.07) is 16.8. The zero-order valence-electron chi connectivity index (χ0n) is 17.9. The molecule has 0 aliphatic carbocycles. The van der Waals surface area contributed by atoms with E-state index in [1.165, 1.54) is 6.07 Å². The number of pyridine rings is 2. The number of esters is 1. The van der Waals surface area contributed by atoms with Crippen LogP contribution in [0, 0.1) is 0 Å². The number of anilines is 1. The van der Waals surface area contributed by atoms with Gasteiger partial charge in [0, 0.05) is 29.2 Å². The zero-order chi connectivity index (χ0) is 23.4. The molecule has 0 atom stereocenters. The van der Waals surface area contributed by atoms with Crippen molar-refractivity contribution in [1.29, 1.82) is 0 Å². The number of fused-ring (bicyclic) bond motifs is 1. The molecule has 0 fully saturated rings.